The quantitative estimate of drug-likeness (QED) is 0.287. The van der Waals surface area contributed by atoms with Crippen molar-refractivity contribution in [3.8, 4) is 5.75 Å². The van der Waals surface area contributed by atoms with Gasteiger partial charge >= 0.3 is 0 Å². The van der Waals surface area contributed by atoms with Crippen LogP contribution in [0, 0.1) is 0 Å². The topological polar surface area (TPSA) is 135 Å². The lowest BCUT2D eigenvalue weighted by molar-refractivity contribution is -0.131. The maximum atomic E-state index is 13.8. The second kappa shape index (κ2) is 13.9. The van der Waals surface area contributed by atoms with Crippen molar-refractivity contribution in [1.29, 1.82) is 0 Å². The summed E-state index contributed by atoms with van der Waals surface area (Å²) >= 11 is 0. The Hall–Kier alpha value is -4.19. The highest BCUT2D eigenvalue weighted by atomic mass is 16.6. The maximum Gasteiger partial charge on any atom is 0.270 e. The summed E-state index contributed by atoms with van der Waals surface area (Å²) in [4.78, 5) is 51.6. The Kier molecular flexibility index (Phi) is 9.75. The highest BCUT2D eigenvalue weighted by molar-refractivity contribution is 5.99. The maximum absolute atomic E-state index is 13.8. The Morgan fingerprint density at radius 2 is 1.63 bits per heavy atom. The van der Waals surface area contributed by atoms with Crippen molar-refractivity contribution in [2.45, 2.75) is 44.0 Å². The number of ether oxygens (including phenoxy) is 3. The van der Waals surface area contributed by atoms with E-state index in [9.17, 15) is 14.4 Å². The van der Waals surface area contributed by atoms with Crippen molar-refractivity contribution in [2.75, 3.05) is 40.0 Å². The molecule has 11 nitrogen and oxygen atoms in total. The lowest BCUT2D eigenvalue weighted by Gasteiger charge is -2.26. The Bertz CT molecular complexity index is 1410. The number of epoxide rings is 1. The van der Waals surface area contributed by atoms with Gasteiger partial charge in [-0.3, -0.25) is 19.3 Å². The van der Waals surface area contributed by atoms with E-state index in [2.05, 4.69) is 25.5 Å². The number of Topliss-reactive ketones (excluding diaryl/α,β-unsaturated/α-hetero) is 1. The minimum absolute atomic E-state index is 0.154. The fourth-order valence-corrected chi connectivity index (χ4v) is 4.95. The number of ketones is 1. The fraction of sp³-hybridized carbons (Fsp3) is 0.406. The minimum atomic E-state index is -0.988. The van der Waals surface area contributed by atoms with E-state index in [1.807, 2.05) is 42.5 Å². The average molecular weight is 588 g/mol. The van der Waals surface area contributed by atoms with Gasteiger partial charge in [0.25, 0.3) is 5.91 Å². The van der Waals surface area contributed by atoms with Gasteiger partial charge in [0.2, 0.25) is 5.91 Å². The molecule has 0 saturated carbocycles. The Labute approximate surface area is 250 Å². The second-order valence-electron chi connectivity index (χ2n) is 11.0. The zero-order valence-corrected chi connectivity index (χ0v) is 24.5. The van der Waals surface area contributed by atoms with Gasteiger partial charge in [-0.1, -0.05) is 42.5 Å². The molecule has 3 heterocycles. The summed E-state index contributed by atoms with van der Waals surface area (Å²) in [5.41, 5.74) is 0.927. The molecule has 2 aromatic carbocycles. The van der Waals surface area contributed by atoms with Crippen molar-refractivity contribution in [2.24, 2.45) is 0 Å². The number of rotatable bonds is 13. The van der Waals surface area contributed by atoms with Gasteiger partial charge in [0.05, 0.1) is 39.5 Å². The summed E-state index contributed by atoms with van der Waals surface area (Å²) in [7, 11) is 1.58. The van der Waals surface area contributed by atoms with E-state index < -0.39 is 29.5 Å². The van der Waals surface area contributed by atoms with Gasteiger partial charge in [0.15, 0.2) is 5.78 Å². The van der Waals surface area contributed by atoms with Gasteiger partial charge in [-0.2, -0.15) is 0 Å². The highest BCUT2D eigenvalue weighted by Gasteiger charge is 2.50. The van der Waals surface area contributed by atoms with E-state index in [-0.39, 0.29) is 17.9 Å². The van der Waals surface area contributed by atoms with Crippen LogP contribution in [0.1, 0.15) is 34.4 Å². The van der Waals surface area contributed by atoms with E-state index in [1.54, 1.807) is 32.4 Å². The summed E-state index contributed by atoms with van der Waals surface area (Å²) in [5.74, 6) is -0.0125. The van der Waals surface area contributed by atoms with Gasteiger partial charge in [-0.25, -0.2) is 9.97 Å². The number of hydrogen-bond acceptors (Lipinski definition) is 9. The molecule has 0 spiro atoms. The zero-order valence-electron chi connectivity index (χ0n) is 24.5. The first-order valence-corrected chi connectivity index (χ1v) is 14.4. The van der Waals surface area contributed by atoms with Crippen molar-refractivity contribution >= 4 is 17.6 Å². The van der Waals surface area contributed by atoms with Crippen LogP contribution in [-0.4, -0.2) is 90.2 Å². The molecule has 2 fully saturated rings. The molecule has 0 unspecified atom stereocenters. The number of amides is 2. The first-order valence-electron chi connectivity index (χ1n) is 14.4. The first kappa shape index (κ1) is 30.3. The fourth-order valence-electron chi connectivity index (χ4n) is 4.95. The van der Waals surface area contributed by atoms with Crippen LogP contribution in [0.5, 0.6) is 5.75 Å². The third-order valence-corrected chi connectivity index (χ3v) is 7.64. The molecule has 1 aromatic heterocycles. The van der Waals surface area contributed by atoms with Crippen LogP contribution in [0.4, 0.5) is 0 Å². The van der Waals surface area contributed by atoms with Gasteiger partial charge < -0.3 is 24.8 Å². The van der Waals surface area contributed by atoms with Crippen LogP contribution in [0.15, 0.2) is 66.9 Å². The molecular weight excluding hydrogens is 550 g/mol. The zero-order chi connectivity index (χ0) is 30.2. The average Bonchev–Trinajstić information content (AvgIpc) is 3.79. The summed E-state index contributed by atoms with van der Waals surface area (Å²) in [6.45, 7) is 5.32. The molecule has 226 valence electrons. The predicted molar refractivity (Wildman–Crippen MR) is 158 cm³/mol. The molecule has 5 rings (SSSR count). The highest BCUT2D eigenvalue weighted by Crippen LogP contribution is 2.29. The summed E-state index contributed by atoms with van der Waals surface area (Å²) < 4.78 is 16.1. The van der Waals surface area contributed by atoms with Crippen molar-refractivity contribution in [3.05, 3.63) is 89.5 Å². The van der Waals surface area contributed by atoms with Gasteiger partial charge in [0, 0.05) is 25.7 Å². The van der Waals surface area contributed by atoms with Crippen LogP contribution in [0.3, 0.4) is 0 Å². The van der Waals surface area contributed by atoms with Crippen LogP contribution < -0.4 is 15.4 Å². The van der Waals surface area contributed by atoms with E-state index >= 15 is 0 Å². The second-order valence-corrected chi connectivity index (χ2v) is 11.0. The number of benzene rings is 2. The molecule has 3 atom stereocenters. The number of nitrogens with zero attached hydrogens (tertiary/aromatic N) is 3. The van der Waals surface area contributed by atoms with Crippen molar-refractivity contribution in [3.63, 3.8) is 0 Å². The Morgan fingerprint density at radius 3 is 2.30 bits per heavy atom. The van der Waals surface area contributed by atoms with Gasteiger partial charge in [-0.15, -0.1) is 0 Å². The molecule has 0 radical (unpaired) electrons. The molecule has 43 heavy (non-hydrogen) atoms. The molecular formula is C32H37N5O6. The summed E-state index contributed by atoms with van der Waals surface area (Å²) in [6.07, 6.45) is 2.03. The lowest BCUT2D eigenvalue weighted by atomic mass is 9.94. The van der Waals surface area contributed by atoms with E-state index in [0.29, 0.717) is 44.4 Å². The molecule has 2 amide bonds. The minimum Gasteiger partial charge on any atom is -0.497 e. The largest absolute Gasteiger partial charge is 0.497 e. The molecule has 0 aliphatic carbocycles. The predicted octanol–water partition coefficient (Wildman–Crippen LogP) is 1.74. The number of aromatic nitrogens is 2. The molecule has 0 bridgehead atoms. The summed E-state index contributed by atoms with van der Waals surface area (Å²) in [5, 5.41) is 5.77. The number of carbonyl (C=O) groups excluding carboxylic acids is 3. The smallest absolute Gasteiger partial charge is 0.270 e. The number of nitrogens with one attached hydrogen (secondary N) is 2. The Balaban J connectivity index is 1.34. The van der Waals surface area contributed by atoms with Crippen molar-refractivity contribution in [1.82, 2.24) is 25.5 Å². The van der Waals surface area contributed by atoms with E-state index in [0.717, 1.165) is 24.2 Å². The van der Waals surface area contributed by atoms with Crippen LogP contribution >= 0.6 is 0 Å². The molecule has 2 aliphatic heterocycles. The first-order chi connectivity index (χ1) is 20.8. The van der Waals surface area contributed by atoms with Crippen molar-refractivity contribution < 1.29 is 28.6 Å². The SMILES string of the molecule is COc1ccc(C[C@H](NC(=O)c2ccnc(CN3CCOCC3)n2)C(=O)N[C@@H](Cc2ccccc2)C(=O)[C@@]2(C)CO2)cc1. The van der Waals surface area contributed by atoms with E-state index in [4.69, 9.17) is 14.2 Å². The van der Waals surface area contributed by atoms with Crippen LogP contribution in [0.25, 0.3) is 0 Å². The number of hydrogen-bond donors (Lipinski definition) is 2. The molecule has 2 aliphatic rings. The number of methoxy groups -OCH3 is 1. The Morgan fingerprint density at radius 1 is 0.953 bits per heavy atom. The third-order valence-electron chi connectivity index (χ3n) is 7.64. The lowest BCUT2D eigenvalue weighted by Crippen LogP contribution is -2.55. The molecule has 2 saturated heterocycles. The third kappa shape index (κ3) is 8.22. The number of morpholine rings is 1. The molecule has 2 N–H and O–H groups in total. The van der Waals surface area contributed by atoms with Gasteiger partial charge in [0.1, 0.15) is 28.9 Å². The van der Waals surface area contributed by atoms with E-state index in [1.165, 1.54) is 6.07 Å². The summed E-state index contributed by atoms with van der Waals surface area (Å²) in [6, 6.07) is 16.4. The monoisotopic (exact) mass is 587 g/mol. The van der Waals surface area contributed by atoms with Crippen LogP contribution in [-0.2, 0) is 38.4 Å². The molecule has 11 heteroatoms. The normalized spacial score (nSPS) is 19.6. The standard InChI is InChI=1S/C32H37N5O6/c1-32(21-43-32)29(38)26(18-22-6-4-3-5-7-22)35-31(40)27(19-23-8-10-24(41-2)11-9-23)36-30(39)25-12-13-33-28(34-25)20-37-14-16-42-17-15-37/h3-13,26-27H,14-21H2,1-2H3,(H,35,40)(H,36,39)/t26-,27-,32+/m0/s1. The molecule has 3 aromatic rings. The number of carbonyl (C=O) groups is 3. The van der Waals surface area contributed by atoms with Crippen LogP contribution in [0.2, 0.25) is 0 Å². The van der Waals surface area contributed by atoms with Gasteiger partial charge in [-0.05, 0) is 42.7 Å².